The van der Waals surface area contributed by atoms with Crippen LogP contribution < -0.4 is 10.6 Å². The number of hydrogen-bond donors (Lipinski definition) is 2. The van der Waals surface area contributed by atoms with E-state index in [4.69, 9.17) is 9.15 Å². The molecule has 0 unspecified atom stereocenters. The molecule has 0 saturated carbocycles. The van der Waals surface area contributed by atoms with Gasteiger partial charge in [0.05, 0.1) is 12.9 Å². The molecular weight excluding hydrogens is 328 g/mol. The molecule has 1 saturated heterocycles. The topological polar surface area (TPSA) is 63.5 Å². The standard InChI is InChI=1S/C18H22N2O3.ClH/c21-18(15-6-8-19-9-7-15)20-16-4-1-3-14(11-16)12-22-13-17-5-2-10-23-17;/h1-5,10-11,15,19H,6-9,12-13H2,(H,20,21);1H. The number of carbonyl (C=O) groups is 1. The third-order valence-corrected chi connectivity index (χ3v) is 4.00. The van der Waals surface area contributed by atoms with Crippen molar-refractivity contribution in [1.82, 2.24) is 5.32 Å². The van der Waals surface area contributed by atoms with Crippen molar-refractivity contribution in [1.29, 1.82) is 0 Å². The van der Waals surface area contributed by atoms with Crippen LogP contribution in [0.1, 0.15) is 24.2 Å². The lowest BCUT2D eigenvalue weighted by atomic mass is 9.97. The van der Waals surface area contributed by atoms with E-state index in [2.05, 4.69) is 10.6 Å². The van der Waals surface area contributed by atoms with Crippen molar-refractivity contribution in [2.75, 3.05) is 18.4 Å². The second-order valence-corrected chi connectivity index (χ2v) is 5.79. The highest BCUT2D eigenvalue weighted by Gasteiger charge is 2.20. The fourth-order valence-corrected chi connectivity index (χ4v) is 2.73. The van der Waals surface area contributed by atoms with Crippen LogP contribution >= 0.6 is 12.4 Å². The van der Waals surface area contributed by atoms with Gasteiger partial charge in [0, 0.05) is 11.6 Å². The van der Waals surface area contributed by atoms with E-state index >= 15 is 0 Å². The van der Waals surface area contributed by atoms with Gasteiger partial charge in [0.15, 0.2) is 0 Å². The SMILES string of the molecule is Cl.O=C(Nc1cccc(COCc2ccco2)c1)C1CCNCC1. The highest BCUT2D eigenvalue weighted by Crippen LogP contribution is 2.17. The molecule has 5 nitrogen and oxygen atoms in total. The van der Waals surface area contributed by atoms with Crippen LogP contribution in [0, 0.1) is 5.92 Å². The molecule has 2 heterocycles. The van der Waals surface area contributed by atoms with Crippen LogP contribution in [0.5, 0.6) is 0 Å². The zero-order valence-corrected chi connectivity index (χ0v) is 14.3. The number of nitrogens with one attached hydrogen (secondary N) is 2. The number of piperidine rings is 1. The normalized spacial score (nSPS) is 14.8. The molecule has 0 radical (unpaired) electrons. The lowest BCUT2D eigenvalue weighted by Crippen LogP contribution is -2.34. The average molecular weight is 351 g/mol. The molecule has 3 rings (SSSR count). The van der Waals surface area contributed by atoms with Gasteiger partial charge in [-0.1, -0.05) is 12.1 Å². The Hall–Kier alpha value is -1.82. The Bertz CT molecular complexity index is 625. The lowest BCUT2D eigenvalue weighted by Gasteiger charge is -2.21. The number of amides is 1. The van der Waals surface area contributed by atoms with Crippen LogP contribution in [0.2, 0.25) is 0 Å². The van der Waals surface area contributed by atoms with E-state index in [-0.39, 0.29) is 24.2 Å². The minimum Gasteiger partial charge on any atom is -0.467 e. The van der Waals surface area contributed by atoms with E-state index in [1.165, 1.54) is 0 Å². The van der Waals surface area contributed by atoms with Gasteiger partial charge in [0.2, 0.25) is 5.91 Å². The van der Waals surface area contributed by atoms with Crippen molar-refractivity contribution >= 4 is 24.0 Å². The lowest BCUT2D eigenvalue weighted by molar-refractivity contribution is -0.120. The number of benzene rings is 1. The Morgan fingerprint density at radius 3 is 2.79 bits per heavy atom. The Morgan fingerprint density at radius 1 is 1.21 bits per heavy atom. The van der Waals surface area contributed by atoms with Crippen molar-refractivity contribution in [3.05, 3.63) is 54.0 Å². The molecule has 1 aromatic heterocycles. The van der Waals surface area contributed by atoms with Crippen LogP contribution in [0.25, 0.3) is 0 Å². The smallest absolute Gasteiger partial charge is 0.227 e. The second kappa shape index (κ2) is 9.47. The van der Waals surface area contributed by atoms with Gasteiger partial charge in [-0.25, -0.2) is 0 Å². The van der Waals surface area contributed by atoms with Crippen molar-refractivity contribution in [3.8, 4) is 0 Å². The fraction of sp³-hybridized carbons (Fsp3) is 0.389. The summed E-state index contributed by atoms with van der Waals surface area (Å²) >= 11 is 0. The summed E-state index contributed by atoms with van der Waals surface area (Å²) in [5, 5.41) is 6.29. The predicted octanol–water partition coefficient (Wildman–Crippen LogP) is 3.36. The first-order valence-corrected chi connectivity index (χ1v) is 8.02. The maximum absolute atomic E-state index is 12.3. The monoisotopic (exact) mass is 350 g/mol. The number of rotatable bonds is 6. The summed E-state index contributed by atoms with van der Waals surface area (Å²) in [6.45, 7) is 2.76. The van der Waals surface area contributed by atoms with Crippen LogP contribution in [0.3, 0.4) is 0 Å². The zero-order valence-electron chi connectivity index (χ0n) is 13.5. The number of carbonyl (C=O) groups excluding carboxylic acids is 1. The molecule has 130 valence electrons. The van der Waals surface area contributed by atoms with Gasteiger partial charge >= 0.3 is 0 Å². The molecule has 0 bridgehead atoms. The molecular formula is C18H23ClN2O3. The van der Waals surface area contributed by atoms with Crippen LogP contribution in [-0.2, 0) is 22.7 Å². The Balaban J connectivity index is 0.00000208. The highest BCUT2D eigenvalue weighted by molar-refractivity contribution is 5.92. The largest absolute Gasteiger partial charge is 0.467 e. The van der Waals surface area contributed by atoms with Gasteiger partial charge in [0.1, 0.15) is 12.4 Å². The number of furan rings is 1. The fourth-order valence-electron chi connectivity index (χ4n) is 2.73. The van der Waals surface area contributed by atoms with E-state index in [9.17, 15) is 4.79 Å². The first-order valence-electron chi connectivity index (χ1n) is 8.02. The van der Waals surface area contributed by atoms with Gasteiger partial charge in [-0.2, -0.15) is 0 Å². The number of anilines is 1. The first-order chi connectivity index (χ1) is 11.3. The van der Waals surface area contributed by atoms with Crippen LogP contribution in [0.15, 0.2) is 47.1 Å². The first kappa shape index (κ1) is 18.5. The van der Waals surface area contributed by atoms with Gasteiger partial charge in [-0.3, -0.25) is 4.79 Å². The van der Waals surface area contributed by atoms with Crippen molar-refractivity contribution in [3.63, 3.8) is 0 Å². The molecule has 2 aromatic rings. The molecule has 2 N–H and O–H groups in total. The third kappa shape index (κ3) is 5.37. The van der Waals surface area contributed by atoms with Gasteiger partial charge in [-0.05, 0) is 55.8 Å². The van der Waals surface area contributed by atoms with Crippen molar-refractivity contribution in [2.24, 2.45) is 5.92 Å². The molecule has 1 aliphatic rings. The summed E-state index contributed by atoms with van der Waals surface area (Å²) in [7, 11) is 0. The maximum Gasteiger partial charge on any atom is 0.227 e. The third-order valence-electron chi connectivity index (χ3n) is 4.00. The second-order valence-electron chi connectivity index (χ2n) is 5.79. The molecule has 0 spiro atoms. The minimum absolute atomic E-state index is 0. The summed E-state index contributed by atoms with van der Waals surface area (Å²) in [5.74, 6) is 1.02. The Kier molecular flexibility index (Phi) is 7.31. The predicted molar refractivity (Wildman–Crippen MR) is 95.1 cm³/mol. The molecule has 24 heavy (non-hydrogen) atoms. The highest BCUT2D eigenvalue weighted by atomic mass is 35.5. The van der Waals surface area contributed by atoms with Crippen LogP contribution in [-0.4, -0.2) is 19.0 Å². The molecule has 1 aliphatic heterocycles. The van der Waals surface area contributed by atoms with Crippen molar-refractivity contribution in [2.45, 2.75) is 26.1 Å². The maximum atomic E-state index is 12.3. The van der Waals surface area contributed by atoms with Gasteiger partial charge in [-0.15, -0.1) is 12.4 Å². The molecule has 6 heteroatoms. The number of ether oxygens (including phenoxy) is 1. The van der Waals surface area contributed by atoms with E-state index in [0.717, 1.165) is 42.9 Å². The molecule has 1 amide bonds. The summed E-state index contributed by atoms with van der Waals surface area (Å²) in [4.78, 5) is 12.3. The number of hydrogen-bond acceptors (Lipinski definition) is 4. The Labute approximate surface area is 148 Å². The number of halogens is 1. The minimum atomic E-state index is 0. The quantitative estimate of drug-likeness (QED) is 0.838. The van der Waals surface area contributed by atoms with Gasteiger partial charge < -0.3 is 19.8 Å². The molecule has 0 atom stereocenters. The van der Waals surface area contributed by atoms with E-state index in [0.29, 0.717) is 13.2 Å². The van der Waals surface area contributed by atoms with E-state index in [1.54, 1.807) is 6.26 Å². The molecule has 1 aromatic carbocycles. The zero-order chi connectivity index (χ0) is 15.9. The van der Waals surface area contributed by atoms with Crippen LogP contribution in [0.4, 0.5) is 5.69 Å². The molecule has 1 fully saturated rings. The molecule has 0 aliphatic carbocycles. The van der Waals surface area contributed by atoms with E-state index < -0.39 is 0 Å². The summed E-state index contributed by atoms with van der Waals surface area (Å²) in [6.07, 6.45) is 3.44. The van der Waals surface area contributed by atoms with E-state index in [1.807, 2.05) is 36.4 Å². The summed E-state index contributed by atoms with van der Waals surface area (Å²) in [6, 6.07) is 11.5. The van der Waals surface area contributed by atoms with Gasteiger partial charge in [0.25, 0.3) is 0 Å². The average Bonchev–Trinajstić information content (AvgIpc) is 3.09. The summed E-state index contributed by atoms with van der Waals surface area (Å²) < 4.78 is 10.9. The Morgan fingerprint density at radius 2 is 2.04 bits per heavy atom. The summed E-state index contributed by atoms with van der Waals surface area (Å²) in [5.41, 5.74) is 1.85. The van der Waals surface area contributed by atoms with Crippen molar-refractivity contribution < 1.29 is 13.9 Å².